The first-order valence-corrected chi connectivity index (χ1v) is 11.0. The normalized spacial score (nSPS) is 15.0. The summed E-state index contributed by atoms with van der Waals surface area (Å²) in [5.41, 5.74) is 3.75. The molecule has 2 aromatic rings. The first kappa shape index (κ1) is 21.3. The SMILES string of the molecule is CN1CCC(=NNC(=O)CN(c2ccc(Cl)cc2)S(=O)(=O)c2ccccc2)CC1. The fraction of sp³-hybridized carbons (Fsp3) is 0.300. The topological polar surface area (TPSA) is 82.1 Å². The molecule has 9 heteroatoms. The molecule has 1 heterocycles. The van der Waals surface area contributed by atoms with E-state index in [1.807, 2.05) is 7.05 Å². The van der Waals surface area contributed by atoms with Crippen molar-refractivity contribution in [2.24, 2.45) is 5.10 Å². The molecule has 0 radical (unpaired) electrons. The number of piperidine rings is 1. The molecule has 0 atom stereocenters. The number of rotatable bonds is 6. The van der Waals surface area contributed by atoms with E-state index < -0.39 is 22.5 Å². The van der Waals surface area contributed by atoms with E-state index in [-0.39, 0.29) is 4.90 Å². The molecule has 1 amide bonds. The largest absolute Gasteiger partial charge is 0.306 e. The van der Waals surface area contributed by atoms with Crippen LogP contribution in [0, 0.1) is 0 Å². The number of nitrogens with zero attached hydrogens (tertiary/aromatic N) is 3. The van der Waals surface area contributed by atoms with E-state index in [9.17, 15) is 13.2 Å². The first-order valence-electron chi connectivity index (χ1n) is 9.22. The Balaban J connectivity index is 1.81. The zero-order valence-electron chi connectivity index (χ0n) is 16.1. The third kappa shape index (κ3) is 5.56. The third-order valence-electron chi connectivity index (χ3n) is 4.64. The van der Waals surface area contributed by atoms with Gasteiger partial charge in [0.25, 0.3) is 15.9 Å². The van der Waals surface area contributed by atoms with Gasteiger partial charge in [-0.25, -0.2) is 13.8 Å². The number of carbonyl (C=O) groups excluding carboxylic acids is 1. The summed E-state index contributed by atoms with van der Waals surface area (Å²) in [5.74, 6) is -0.508. The summed E-state index contributed by atoms with van der Waals surface area (Å²) in [6, 6.07) is 14.3. The molecule has 0 spiro atoms. The molecule has 29 heavy (non-hydrogen) atoms. The van der Waals surface area contributed by atoms with E-state index in [4.69, 9.17) is 11.6 Å². The van der Waals surface area contributed by atoms with E-state index >= 15 is 0 Å². The van der Waals surface area contributed by atoms with Crippen molar-refractivity contribution in [3.05, 3.63) is 59.6 Å². The third-order valence-corrected chi connectivity index (χ3v) is 6.68. The highest BCUT2D eigenvalue weighted by molar-refractivity contribution is 7.92. The Morgan fingerprint density at radius 3 is 2.34 bits per heavy atom. The number of likely N-dealkylation sites (tertiary alicyclic amines) is 1. The monoisotopic (exact) mass is 434 g/mol. The molecular weight excluding hydrogens is 412 g/mol. The van der Waals surface area contributed by atoms with E-state index in [0.29, 0.717) is 10.7 Å². The lowest BCUT2D eigenvalue weighted by atomic mass is 10.1. The lowest BCUT2D eigenvalue weighted by molar-refractivity contribution is -0.119. The van der Waals surface area contributed by atoms with Gasteiger partial charge >= 0.3 is 0 Å². The van der Waals surface area contributed by atoms with Crippen molar-refractivity contribution in [2.45, 2.75) is 17.7 Å². The van der Waals surface area contributed by atoms with Crippen LogP contribution in [0.4, 0.5) is 5.69 Å². The fourth-order valence-electron chi connectivity index (χ4n) is 2.94. The second-order valence-electron chi connectivity index (χ2n) is 6.82. The quantitative estimate of drug-likeness (QED) is 0.709. The van der Waals surface area contributed by atoms with Gasteiger partial charge < -0.3 is 4.90 Å². The summed E-state index contributed by atoms with van der Waals surface area (Å²) in [6.45, 7) is 1.37. The van der Waals surface area contributed by atoms with Crippen LogP contribution in [-0.4, -0.2) is 51.6 Å². The van der Waals surface area contributed by atoms with E-state index in [1.54, 1.807) is 42.5 Å². The molecule has 0 aromatic heterocycles. The summed E-state index contributed by atoms with van der Waals surface area (Å²) < 4.78 is 27.4. The molecule has 0 unspecified atom stereocenters. The molecule has 1 aliphatic rings. The molecule has 7 nitrogen and oxygen atoms in total. The van der Waals surface area contributed by atoms with Crippen molar-refractivity contribution in [3.8, 4) is 0 Å². The number of nitrogens with one attached hydrogen (secondary N) is 1. The number of sulfonamides is 1. The van der Waals surface area contributed by atoms with E-state index in [2.05, 4.69) is 15.4 Å². The lowest BCUT2D eigenvalue weighted by Crippen LogP contribution is -2.40. The molecule has 0 aliphatic carbocycles. The van der Waals surface area contributed by atoms with Gasteiger partial charge in [0.05, 0.1) is 10.6 Å². The molecular formula is C20H23ClN4O3S. The summed E-state index contributed by atoms with van der Waals surface area (Å²) in [7, 11) is -1.90. The number of hydrogen-bond donors (Lipinski definition) is 1. The summed E-state index contributed by atoms with van der Waals surface area (Å²) in [5, 5.41) is 4.66. The Kier molecular flexibility index (Phi) is 6.89. The highest BCUT2D eigenvalue weighted by atomic mass is 35.5. The van der Waals surface area contributed by atoms with Crippen LogP contribution in [0.25, 0.3) is 0 Å². The molecule has 0 bridgehead atoms. The second-order valence-corrected chi connectivity index (χ2v) is 9.12. The van der Waals surface area contributed by atoms with Crippen molar-refractivity contribution in [2.75, 3.05) is 31.0 Å². The van der Waals surface area contributed by atoms with Crippen LogP contribution in [-0.2, 0) is 14.8 Å². The number of hydrogen-bond acceptors (Lipinski definition) is 5. The Bertz CT molecular complexity index is 969. The van der Waals surface area contributed by atoms with E-state index in [0.717, 1.165) is 35.9 Å². The molecule has 1 N–H and O–H groups in total. The Labute approximate surface area is 176 Å². The van der Waals surface area contributed by atoms with Gasteiger partial charge in [0.15, 0.2) is 0 Å². The van der Waals surface area contributed by atoms with Crippen LogP contribution in [0.1, 0.15) is 12.8 Å². The molecule has 0 saturated carbocycles. The predicted octanol–water partition coefficient (Wildman–Crippen LogP) is 2.73. The van der Waals surface area contributed by atoms with Crippen molar-refractivity contribution >= 4 is 38.9 Å². The van der Waals surface area contributed by atoms with Crippen molar-refractivity contribution in [1.82, 2.24) is 10.3 Å². The van der Waals surface area contributed by atoms with Crippen molar-refractivity contribution < 1.29 is 13.2 Å². The average molecular weight is 435 g/mol. The van der Waals surface area contributed by atoms with Crippen LogP contribution in [0.15, 0.2) is 64.6 Å². The van der Waals surface area contributed by atoms with Gasteiger partial charge in [-0.1, -0.05) is 29.8 Å². The number of benzene rings is 2. The predicted molar refractivity (Wildman–Crippen MR) is 115 cm³/mol. The molecule has 154 valence electrons. The van der Waals surface area contributed by atoms with Crippen LogP contribution in [0.5, 0.6) is 0 Å². The minimum Gasteiger partial charge on any atom is -0.306 e. The fourth-order valence-corrected chi connectivity index (χ4v) is 4.51. The van der Waals surface area contributed by atoms with Crippen LogP contribution in [0.3, 0.4) is 0 Å². The summed E-state index contributed by atoms with van der Waals surface area (Å²) >= 11 is 5.93. The van der Waals surface area contributed by atoms with Gasteiger partial charge in [0.2, 0.25) is 0 Å². The van der Waals surface area contributed by atoms with Gasteiger partial charge in [-0.15, -0.1) is 0 Å². The maximum absolute atomic E-state index is 13.2. The standard InChI is InChI=1S/C20H23ClN4O3S/c1-24-13-11-17(12-14-24)22-23-20(26)15-25(18-9-7-16(21)8-10-18)29(27,28)19-5-3-2-4-6-19/h2-10H,11-15H2,1H3,(H,23,26). The zero-order valence-corrected chi connectivity index (χ0v) is 17.7. The molecule has 2 aromatic carbocycles. The number of halogens is 1. The van der Waals surface area contributed by atoms with E-state index in [1.165, 1.54) is 12.1 Å². The molecule has 3 rings (SSSR count). The number of carbonyl (C=O) groups is 1. The van der Waals surface area contributed by atoms with Gasteiger partial charge in [-0.2, -0.15) is 5.10 Å². The zero-order chi connectivity index (χ0) is 20.9. The van der Waals surface area contributed by atoms with Gasteiger partial charge in [-0.3, -0.25) is 9.10 Å². The summed E-state index contributed by atoms with van der Waals surface area (Å²) in [4.78, 5) is 14.8. The Morgan fingerprint density at radius 2 is 1.72 bits per heavy atom. The van der Waals surface area contributed by atoms with Crippen LogP contribution in [0.2, 0.25) is 5.02 Å². The smallest absolute Gasteiger partial charge is 0.264 e. The Morgan fingerprint density at radius 1 is 1.10 bits per heavy atom. The molecule has 1 fully saturated rings. The van der Waals surface area contributed by atoms with Gasteiger partial charge in [0, 0.05) is 36.7 Å². The number of anilines is 1. The van der Waals surface area contributed by atoms with Crippen molar-refractivity contribution in [3.63, 3.8) is 0 Å². The van der Waals surface area contributed by atoms with Crippen LogP contribution < -0.4 is 9.73 Å². The van der Waals surface area contributed by atoms with Crippen LogP contribution >= 0.6 is 11.6 Å². The highest BCUT2D eigenvalue weighted by Crippen LogP contribution is 2.25. The average Bonchev–Trinajstić information content (AvgIpc) is 2.73. The molecule has 1 aliphatic heterocycles. The number of amides is 1. The van der Waals surface area contributed by atoms with Crippen molar-refractivity contribution in [1.29, 1.82) is 0 Å². The minimum absolute atomic E-state index is 0.101. The maximum Gasteiger partial charge on any atom is 0.264 e. The first-order chi connectivity index (χ1) is 13.9. The Hall–Kier alpha value is -2.42. The summed E-state index contributed by atoms with van der Waals surface area (Å²) in [6.07, 6.45) is 1.56. The van der Waals surface area contributed by atoms with Gasteiger partial charge in [0.1, 0.15) is 6.54 Å². The highest BCUT2D eigenvalue weighted by Gasteiger charge is 2.27. The maximum atomic E-state index is 13.2. The van der Waals surface area contributed by atoms with Gasteiger partial charge in [-0.05, 0) is 43.4 Å². The second kappa shape index (κ2) is 9.39. The number of hydrazone groups is 1. The molecule has 1 saturated heterocycles. The lowest BCUT2D eigenvalue weighted by Gasteiger charge is -2.24. The minimum atomic E-state index is -3.94.